The normalized spacial score (nSPS) is 28.0. The fourth-order valence-electron chi connectivity index (χ4n) is 4.14. The van der Waals surface area contributed by atoms with Gasteiger partial charge in [-0.05, 0) is 61.6 Å². The van der Waals surface area contributed by atoms with Crippen molar-refractivity contribution in [2.45, 2.75) is 50.0 Å². The zero-order chi connectivity index (χ0) is 15.2. The van der Waals surface area contributed by atoms with E-state index < -0.39 is 5.41 Å². The van der Waals surface area contributed by atoms with Crippen LogP contribution < -0.4 is 5.32 Å². The van der Waals surface area contributed by atoms with E-state index in [2.05, 4.69) is 5.32 Å². The molecule has 0 radical (unpaired) electrons. The van der Waals surface area contributed by atoms with Crippen molar-refractivity contribution in [3.63, 3.8) is 0 Å². The van der Waals surface area contributed by atoms with Crippen molar-refractivity contribution >= 4 is 5.91 Å². The van der Waals surface area contributed by atoms with Crippen LogP contribution in [0.5, 0.6) is 0 Å². The lowest BCUT2D eigenvalue weighted by molar-refractivity contribution is -0.129. The molecule has 3 fully saturated rings. The molecule has 2 aliphatic carbocycles. The lowest BCUT2D eigenvalue weighted by atomic mass is 9.60. The Kier molecular flexibility index (Phi) is 3.26. The van der Waals surface area contributed by atoms with Crippen molar-refractivity contribution in [3.05, 3.63) is 35.6 Å². The average molecular weight is 303 g/mol. The lowest BCUT2D eigenvalue weighted by Crippen LogP contribution is -2.58. The zero-order valence-corrected chi connectivity index (χ0v) is 12.7. The topological polar surface area (TPSA) is 38.3 Å². The Morgan fingerprint density at radius 1 is 1.09 bits per heavy atom. The van der Waals surface area contributed by atoms with Crippen molar-refractivity contribution in [1.29, 1.82) is 0 Å². The van der Waals surface area contributed by atoms with Crippen LogP contribution >= 0.6 is 0 Å². The van der Waals surface area contributed by atoms with Gasteiger partial charge in [0.1, 0.15) is 5.82 Å². The molecule has 1 amide bonds. The third kappa shape index (κ3) is 2.16. The summed E-state index contributed by atoms with van der Waals surface area (Å²) in [4.78, 5) is 12.8. The molecule has 22 heavy (non-hydrogen) atoms. The number of hydrogen-bond acceptors (Lipinski definition) is 2. The number of benzene rings is 1. The van der Waals surface area contributed by atoms with E-state index in [1.165, 1.54) is 18.6 Å². The molecular weight excluding hydrogens is 281 g/mol. The third-order valence-electron chi connectivity index (χ3n) is 6.05. The first-order chi connectivity index (χ1) is 10.6. The molecule has 1 N–H and O–H groups in total. The monoisotopic (exact) mass is 303 g/mol. The number of ether oxygens (including phenoxy) is 1. The fraction of sp³-hybridized carbons (Fsp3) is 0.611. The van der Waals surface area contributed by atoms with Gasteiger partial charge in [0.25, 0.3) is 0 Å². The van der Waals surface area contributed by atoms with Crippen molar-refractivity contribution in [3.8, 4) is 0 Å². The molecule has 3 aliphatic rings. The summed E-state index contributed by atoms with van der Waals surface area (Å²) < 4.78 is 18.6. The van der Waals surface area contributed by atoms with Gasteiger partial charge in [-0.25, -0.2) is 4.39 Å². The van der Waals surface area contributed by atoms with Crippen molar-refractivity contribution in [2.75, 3.05) is 13.2 Å². The predicted molar refractivity (Wildman–Crippen MR) is 81.0 cm³/mol. The number of carbonyl (C=O) groups excluding carboxylic acids is 1. The van der Waals surface area contributed by atoms with Gasteiger partial charge in [-0.1, -0.05) is 12.1 Å². The van der Waals surface area contributed by atoms with Crippen LogP contribution in [0.4, 0.5) is 4.39 Å². The SMILES string of the molecule is O=C(NC1CCC12CCOCC2)C1(c2ccc(F)cc2)CC1. The summed E-state index contributed by atoms with van der Waals surface area (Å²) >= 11 is 0. The molecule has 1 unspecified atom stereocenters. The first kappa shape index (κ1) is 14.2. The zero-order valence-electron chi connectivity index (χ0n) is 12.7. The summed E-state index contributed by atoms with van der Waals surface area (Å²) in [6.07, 6.45) is 6.12. The molecule has 0 bridgehead atoms. The molecule has 1 aromatic rings. The van der Waals surface area contributed by atoms with Gasteiger partial charge >= 0.3 is 0 Å². The molecule has 2 saturated carbocycles. The highest BCUT2D eigenvalue weighted by Crippen LogP contribution is 2.52. The highest BCUT2D eigenvalue weighted by atomic mass is 19.1. The van der Waals surface area contributed by atoms with Gasteiger partial charge in [-0.3, -0.25) is 4.79 Å². The van der Waals surface area contributed by atoms with Crippen LogP contribution in [0.15, 0.2) is 24.3 Å². The first-order valence-electron chi connectivity index (χ1n) is 8.30. The van der Waals surface area contributed by atoms with Crippen LogP contribution in [-0.2, 0) is 14.9 Å². The molecule has 118 valence electrons. The van der Waals surface area contributed by atoms with E-state index in [1.807, 2.05) is 0 Å². The molecule has 1 heterocycles. The summed E-state index contributed by atoms with van der Waals surface area (Å²) in [5, 5.41) is 3.30. The second kappa shape index (κ2) is 5.05. The fourth-order valence-corrected chi connectivity index (χ4v) is 4.14. The van der Waals surface area contributed by atoms with E-state index in [0.29, 0.717) is 6.04 Å². The minimum Gasteiger partial charge on any atom is -0.381 e. The second-order valence-electron chi connectivity index (χ2n) is 7.13. The van der Waals surface area contributed by atoms with E-state index >= 15 is 0 Å². The number of halogens is 1. The van der Waals surface area contributed by atoms with Gasteiger partial charge in [-0.2, -0.15) is 0 Å². The smallest absolute Gasteiger partial charge is 0.230 e. The first-order valence-corrected chi connectivity index (χ1v) is 8.30. The Balaban J connectivity index is 1.47. The number of amides is 1. The van der Waals surface area contributed by atoms with E-state index in [1.54, 1.807) is 12.1 Å². The molecule has 1 saturated heterocycles. The minimum atomic E-state index is -0.407. The second-order valence-corrected chi connectivity index (χ2v) is 7.13. The molecule has 1 atom stereocenters. The molecule has 1 aliphatic heterocycles. The Morgan fingerprint density at radius 2 is 1.77 bits per heavy atom. The van der Waals surface area contributed by atoms with Gasteiger partial charge in [0.05, 0.1) is 5.41 Å². The molecule has 0 aromatic heterocycles. The molecule has 4 heteroatoms. The molecule has 4 rings (SSSR count). The summed E-state index contributed by atoms with van der Waals surface area (Å²) in [5.41, 5.74) is 0.814. The average Bonchev–Trinajstić information content (AvgIpc) is 3.35. The summed E-state index contributed by atoms with van der Waals surface area (Å²) in [7, 11) is 0. The van der Waals surface area contributed by atoms with Gasteiger partial charge < -0.3 is 10.1 Å². The van der Waals surface area contributed by atoms with Crippen LogP contribution in [0, 0.1) is 11.2 Å². The standard InChI is InChI=1S/C18H22FNO2/c19-14-3-1-13(2-4-14)18(7-8-18)16(21)20-15-5-6-17(15)9-11-22-12-10-17/h1-4,15H,5-12H2,(H,20,21). The summed E-state index contributed by atoms with van der Waals surface area (Å²) in [6.45, 7) is 1.63. The molecular formula is C18H22FNO2. The molecule has 1 spiro atoms. The van der Waals surface area contributed by atoms with Gasteiger partial charge in [0.2, 0.25) is 5.91 Å². The van der Waals surface area contributed by atoms with Crippen LogP contribution in [0.2, 0.25) is 0 Å². The van der Waals surface area contributed by atoms with Crippen molar-refractivity contribution in [1.82, 2.24) is 5.32 Å². The number of hydrogen-bond donors (Lipinski definition) is 1. The Morgan fingerprint density at radius 3 is 2.32 bits per heavy atom. The van der Waals surface area contributed by atoms with Gasteiger partial charge in [0.15, 0.2) is 0 Å². The maximum absolute atomic E-state index is 13.1. The molecule has 1 aromatic carbocycles. The Labute approximate surface area is 130 Å². The highest BCUT2D eigenvalue weighted by molar-refractivity contribution is 5.91. The molecule has 3 nitrogen and oxygen atoms in total. The van der Waals surface area contributed by atoms with E-state index in [-0.39, 0.29) is 17.1 Å². The van der Waals surface area contributed by atoms with Crippen LogP contribution in [0.25, 0.3) is 0 Å². The van der Waals surface area contributed by atoms with Crippen molar-refractivity contribution < 1.29 is 13.9 Å². The van der Waals surface area contributed by atoms with Gasteiger partial charge in [0, 0.05) is 19.3 Å². The predicted octanol–water partition coefficient (Wildman–Crippen LogP) is 2.93. The summed E-state index contributed by atoms with van der Waals surface area (Å²) in [5.74, 6) is -0.116. The van der Waals surface area contributed by atoms with E-state index in [9.17, 15) is 9.18 Å². The van der Waals surface area contributed by atoms with Crippen molar-refractivity contribution in [2.24, 2.45) is 5.41 Å². The van der Waals surface area contributed by atoms with E-state index in [0.717, 1.165) is 50.9 Å². The number of carbonyl (C=O) groups is 1. The third-order valence-corrected chi connectivity index (χ3v) is 6.05. The largest absolute Gasteiger partial charge is 0.381 e. The van der Waals surface area contributed by atoms with Crippen LogP contribution in [0.1, 0.15) is 44.1 Å². The number of rotatable bonds is 3. The quantitative estimate of drug-likeness (QED) is 0.932. The van der Waals surface area contributed by atoms with Gasteiger partial charge in [-0.15, -0.1) is 0 Å². The minimum absolute atomic E-state index is 0.134. The van der Waals surface area contributed by atoms with Crippen LogP contribution in [0.3, 0.4) is 0 Å². The summed E-state index contributed by atoms with van der Waals surface area (Å²) in [6, 6.07) is 6.71. The highest BCUT2D eigenvalue weighted by Gasteiger charge is 2.54. The maximum atomic E-state index is 13.1. The number of nitrogens with one attached hydrogen (secondary N) is 1. The lowest BCUT2D eigenvalue weighted by Gasteiger charge is -2.52. The maximum Gasteiger partial charge on any atom is 0.230 e. The Bertz CT molecular complexity index is 573. The van der Waals surface area contributed by atoms with E-state index in [4.69, 9.17) is 4.74 Å². The van der Waals surface area contributed by atoms with Crippen LogP contribution in [-0.4, -0.2) is 25.2 Å². The Hall–Kier alpha value is -1.42.